The number of likely N-dealkylation sites (tertiary alicyclic amines) is 1. The second-order valence-electron chi connectivity index (χ2n) is 6.77. The largest absolute Gasteiger partial charge is 0.486 e. The number of para-hydroxylation sites is 2. The molecule has 1 fully saturated rings. The number of fused-ring (bicyclic) bond motifs is 1. The van der Waals surface area contributed by atoms with Crippen LogP contribution in [0.15, 0.2) is 48.5 Å². The van der Waals surface area contributed by atoms with Gasteiger partial charge in [-0.15, -0.1) is 0 Å². The number of anilines is 1. The predicted molar refractivity (Wildman–Crippen MR) is 95.6 cm³/mol. The quantitative estimate of drug-likeness (QED) is 0.880. The predicted octanol–water partition coefficient (Wildman–Crippen LogP) is 3.29. The summed E-state index contributed by atoms with van der Waals surface area (Å²) in [4.78, 5) is 2.50. The Morgan fingerprint density at radius 3 is 2.83 bits per heavy atom. The highest BCUT2D eigenvalue weighted by Crippen LogP contribution is 2.32. The van der Waals surface area contributed by atoms with E-state index in [0.29, 0.717) is 12.5 Å². The van der Waals surface area contributed by atoms with Crippen molar-refractivity contribution in [3.8, 4) is 11.5 Å². The van der Waals surface area contributed by atoms with Gasteiger partial charge >= 0.3 is 0 Å². The Morgan fingerprint density at radius 1 is 1.08 bits per heavy atom. The maximum Gasteiger partial charge on any atom is 0.161 e. The van der Waals surface area contributed by atoms with Crippen molar-refractivity contribution in [2.24, 2.45) is 0 Å². The van der Waals surface area contributed by atoms with E-state index in [4.69, 9.17) is 15.2 Å². The van der Waals surface area contributed by atoms with E-state index in [1.165, 1.54) is 18.4 Å². The summed E-state index contributed by atoms with van der Waals surface area (Å²) in [7, 11) is 0. The van der Waals surface area contributed by atoms with E-state index in [9.17, 15) is 0 Å². The lowest BCUT2D eigenvalue weighted by atomic mass is 9.90. The summed E-state index contributed by atoms with van der Waals surface area (Å²) >= 11 is 0. The molecule has 4 nitrogen and oxygen atoms in total. The highest BCUT2D eigenvalue weighted by atomic mass is 16.6. The van der Waals surface area contributed by atoms with Gasteiger partial charge in [-0.3, -0.25) is 4.90 Å². The van der Waals surface area contributed by atoms with Crippen molar-refractivity contribution in [3.63, 3.8) is 0 Å². The molecule has 2 aliphatic rings. The number of nitrogens with two attached hydrogens (primary N) is 1. The van der Waals surface area contributed by atoms with Crippen molar-refractivity contribution in [3.05, 3.63) is 54.1 Å². The molecule has 2 atom stereocenters. The number of hydrogen-bond acceptors (Lipinski definition) is 4. The minimum Gasteiger partial charge on any atom is -0.486 e. The fourth-order valence-electron chi connectivity index (χ4n) is 3.75. The van der Waals surface area contributed by atoms with E-state index < -0.39 is 0 Å². The summed E-state index contributed by atoms with van der Waals surface area (Å²) < 4.78 is 11.9. The van der Waals surface area contributed by atoms with Crippen LogP contribution in [0.5, 0.6) is 11.5 Å². The molecule has 2 aromatic carbocycles. The van der Waals surface area contributed by atoms with Gasteiger partial charge in [0.1, 0.15) is 12.7 Å². The van der Waals surface area contributed by atoms with Crippen molar-refractivity contribution in [2.75, 3.05) is 32.0 Å². The summed E-state index contributed by atoms with van der Waals surface area (Å²) in [6.45, 7) is 3.72. The molecule has 0 radical (unpaired) electrons. The van der Waals surface area contributed by atoms with E-state index in [1.807, 2.05) is 30.3 Å². The molecule has 2 aromatic rings. The number of piperidine rings is 1. The third-order valence-electron chi connectivity index (χ3n) is 4.92. The fraction of sp³-hybridized carbons (Fsp3) is 0.400. The van der Waals surface area contributed by atoms with Crippen molar-refractivity contribution in [2.45, 2.75) is 24.9 Å². The normalized spacial score (nSPS) is 23.8. The minimum absolute atomic E-state index is 0.0968. The van der Waals surface area contributed by atoms with Gasteiger partial charge in [0.15, 0.2) is 11.5 Å². The summed E-state index contributed by atoms with van der Waals surface area (Å²) in [5.41, 5.74) is 8.15. The lowest BCUT2D eigenvalue weighted by molar-refractivity contribution is 0.0505. The monoisotopic (exact) mass is 324 g/mol. The van der Waals surface area contributed by atoms with E-state index in [-0.39, 0.29) is 6.10 Å². The molecule has 0 aromatic heterocycles. The molecule has 2 aliphatic heterocycles. The van der Waals surface area contributed by atoms with E-state index in [1.54, 1.807) is 0 Å². The molecule has 2 heterocycles. The summed E-state index contributed by atoms with van der Waals surface area (Å²) in [5, 5.41) is 0. The summed E-state index contributed by atoms with van der Waals surface area (Å²) in [6.07, 6.45) is 2.54. The smallest absolute Gasteiger partial charge is 0.161 e. The van der Waals surface area contributed by atoms with E-state index in [0.717, 1.165) is 36.8 Å². The Balaban J connectivity index is 1.39. The van der Waals surface area contributed by atoms with Gasteiger partial charge in [-0.05, 0) is 55.1 Å². The zero-order valence-electron chi connectivity index (χ0n) is 13.9. The van der Waals surface area contributed by atoms with Crippen LogP contribution in [0.1, 0.15) is 24.3 Å². The lowest BCUT2D eigenvalue weighted by Gasteiger charge is -2.36. The second kappa shape index (κ2) is 6.73. The van der Waals surface area contributed by atoms with Crippen LogP contribution >= 0.6 is 0 Å². The molecule has 4 heteroatoms. The van der Waals surface area contributed by atoms with Crippen LogP contribution in [0.25, 0.3) is 0 Å². The molecule has 2 N–H and O–H groups in total. The number of nitrogen functional groups attached to an aromatic ring is 1. The first-order valence-corrected chi connectivity index (χ1v) is 8.74. The highest BCUT2D eigenvalue weighted by molar-refractivity contribution is 5.42. The van der Waals surface area contributed by atoms with E-state index in [2.05, 4.69) is 23.1 Å². The first-order valence-electron chi connectivity index (χ1n) is 8.74. The topological polar surface area (TPSA) is 47.7 Å². The first kappa shape index (κ1) is 15.3. The van der Waals surface area contributed by atoms with Crippen molar-refractivity contribution in [1.82, 2.24) is 4.90 Å². The Morgan fingerprint density at radius 2 is 1.96 bits per heavy atom. The zero-order chi connectivity index (χ0) is 16.4. The van der Waals surface area contributed by atoms with Gasteiger partial charge in [-0.25, -0.2) is 0 Å². The average molecular weight is 324 g/mol. The van der Waals surface area contributed by atoms with Crippen molar-refractivity contribution in [1.29, 1.82) is 0 Å². The van der Waals surface area contributed by atoms with Crippen LogP contribution in [0.2, 0.25) is 0 Å². The third kappa shape index (κ3) is 3.34. The summed E-state index contributed by atoms with van der Waals surface area (Å²) in [5.74, 6) is 2.27. The number of nitrogens with zero attached hydrogens (tertiary/aromatic N) is 1. The van der Waals surface area contributed by atoms with Crippen LogP contribution in [-0.2, 0) is 0 Å². The number of ether oxygens (including phenoxy) is 2. The van der Waals surface area contributed by atoms with Crippen molar-refractivity contribution >= 4 is 5.69 Å². The Hall–Kier alpha value is -2.20. The third-order valence-corrected chi connectivity index (χ3v) is 4.92. The maximum absolute atomic E-state index is 6.11. The molecule has 0 amide bonds. The van der Waals surface area contributed by atoms with Gasteiger partial charge < -0.3 is 15.2 Å². The second-order valence-corrected chi connectivity index (χ2v) is 6.77. The average Bonchev–Trinajstić information content (AvgIpc) is 2.62. The number of rotatable bonds is 3. The van der Waals surface area contributed by atoms with Gasteiger partial charge in [0.05, 0.1) is 0 Å². The molecule has 0 spiro atoms. The van der Waals surface area contributed by atoms with Gasteiger partial charge in [-0.1, -0.05) is 24.3 Å². The van der Waals surface area contributed by atoms with Gasteiger partial charge in [0, 0.05) is 18.8 Å². The van der Waals surface area contributed by atoms with Gasteiger partial charge in [-0.2, -0.15) is 0 Å². The maximum atomic E-state index is 6.11. The highest BCUT2D eigenvalue weighted by Gasteiger charge is 2.27. The summed E-state index contributed by atoms with van der Waals surface area (Å²) in [6, 6.07) is 16.2. The van der Waals surface area contributed by atoms with Gasteiger partial charge in [0.2, 0.25) is 0 Å². The van der Waals surface area contributed by atoms with Gasteiger partial charge in [0.25, 0.3) is 0 Å². The SMILES string of the molecule is Nc1cccc(C2CCCN(CC3COc4ccccc4O3)C2)c1. The number of benzene rings is 2. The molecule has 24 heavy (non-hydrogen) atoms. The zero-order valence-corrected chi connectivity index (χ0v) is 13.9. The minimum atomic E-state index is 0.0968. The molecule has 0 bridgehead atoms. The van der Waals surface area contributed by atoms with Crippen LogP contribution in [0, 0.1) is 0 Å². The Labute approximate surface area is 143 Å². The van der Waals surface area contributed by atoms with Crippen LogP contribution < -0.4 is 15.2 Å². The molecule has 0 saturated carbocycles. The van der Waals surface area contributed by atoms with Crippen molar-refractivity contribution < 1.29 is 9.47 Å². The molecule has 4 rings (SSSR count). The van der Waals surface area contributed by atoms with Crippen LogP contribution in [0.4, 0.5) is 5.69 Å². The molecule has 0 aliphatic carbocycles. The van der Waals surface area contributed by atoms with E-state index >= 15 is 0 Å². The Bertz CT molecular complexity index is 704. The molecule has 126 valence electrons. The molecular formula is C20H24N2O2. The van der Waals surface area contributed by atoms with Crippen LogP contribution in [-0.4, -0.2) is 37.2 Å². The standard InChI is InChI=1S/C20H24N2O2/c21-17-7-3-5-15(11-17)16-6-4-10-22(12-16)13-18-14-23-19-8-1-2-9-20(19)24-18/h1-3,5,7-9,11,16,18H,4,6,10,12-14,21H2. The Kier molecular flexibility index (Phi) is 4.30. The molecule has 2 unspecified atom stereocenters. The number of hydrogen-bond donors (Lipinski definition) is 1. The van der Waals surface area contributed by atoms with Crippen LogP contribution in [0.3, 0.4) is 0 Å². The first-order chi connectivity index (χ1) is 11.8. The molecule has 1 saturated heterocycles. The fourth-order valence-corrected chi connectivity index (χ4v) is 3.75. The lowest BCUT2D eigenvalue weighted by Crippen LogP contribution is -2.44. The molecular weight excluding hydrogens is 300 g/mol.